The number of sulfonamides is 1. The number of anilines is 1. The molecular formula is C35H32FN3O6S. The monoisotopic (exact) mass is 641 g/mol. The Morgan fingerprint density at radius 1 is 1.02 bits per heavy atom. The minimum atomic E-state index is -3.90. The second-order valence-corrected chi connectivity index (χ2v) is 13.4. The van der Waals surface area contributed by atoms with Crippen molar-refractivity contribution in [3.63, 3.8) is 0 Å². The Bertz CT molecular complexity index is 2060. The summed E-state index contributed by atoms with van der Waals surface area (Å²) in [4.78, 5) is 31.4. The Morgan fingerprint density at radius 3 is 2.41 bits per heavy atom. The van der Waals surface area contributed by atoms with E-state index in [0.29, 0.717) is 27.6 Å². The van der Waals surface area contributed by atoms with Crippen LogP contribution in [0, 0.1) is 5.82 Å². The molecule has 0 radical (unpaired) electrons. The van der Waals surface area contributed by atoms with Crippen LogP contribution < -0.4 is 9.62 Å². The van der Waals surface area contributed by atoms with Gasteiger partial charge in [-0.2, -0.15) is 0 Å². The van der Waals surface area contributed by atoms with E-state index in [2.05, 4.69) is 10.3 Å². The van der Waals surface area contributed by atoms with Crippen molar-refractivity contribution in [2.24, 2.45) is 0 Å². The maximum Gasteiger partial charge on any atom is 0.255 e. The maximum absolute atomic E-state index is 13.7. The number of nitrogens with one attached hydrogen (secondary N) is 1. The van der Waals surface area contributed by atoms with Crippen LogP contribution in [0.1, 0.15) is 45.7 Å². The van der Waals surface area contributed by atoms with Crippen LogP contribution in [-0.4, -0.2) is 56.7 Å². The number of pyridine rings is 1. The molecule has 11 heteroatoms. The van der Waals surface area contributed by atoms with E-state index in [1.165, 1.54) is 37.4 Å². The van der Waals surface area contributed by atoms with Gasteiger partial charge in [-0.15, -0.1) is 0 Å². The van der Waals surface area contributed by atoms with Crippen molar-refractivity contribution >= 4 is 38.4 Å². The highest BCUT2D eigenvalue weighted by Crippen LogP contribution is 2.51. The summed E-state index contributed by atoms with van der Waals surface area (Å²) in [7, 11) is -2.42. The van der Waals surface area contributed by atoms with Gasteiger partial charge in [-0.25, -0.2) is 12.8 Å². The molecule has 3 aromatic carbocycles. The zero-order valence-corrected chi connectivity index (χ0v) is 26.1. The Labute approximate surface area is 265 Å². The van der Waals surface area contributed by atoms with Gasteiger partial charge in [0.15, 0.2) is 5.78 Å². The molecule has 9 nitrogen and oxygen atoms in total. The molecular weight excluding hydrogens is 609 g/mol. The van der Waals surface area contributed by atoms with Crippen molar-refractivity contribution in [1.82, 2.24) is 10.3 Å². The van der Waals surface area contributed by atoms with Gasteiger partial charge >= 0.3 is 0 Å². The van der Waals surface area contributed by atoms with E-state index >= 15 is 0 Å². The number of hydrogen-bond acceptors (Lipinski definition) is 7. The third kappa shape index (κ3) is 5.91. The number of benzene rings is 3. The summed E-state index contributed by atoms with van der Waals surface area (Å²) >= 11 is 0. The number of carbonyl (C=O) groups is 2. The van der Waals surface area contributed by atoms with Crippen LogP contribution in [-0.2, 0) is 15.4 Å². The van der Waals surface area contributed by atoms with Crippen molar-refractivity contribution < 1.29 is 31.9 Å². The van der Waals surface area contributed by atoms with Gasteiger partial charge in [0.05, 0.1) is 30.7 Å². The van der Waals surface area contributed by atoms with Crippen molar-refractivity contribution in [2.75, 3.05) is 30.8 Å². The van der Waals surface area contributed by atoms with Crippen LogP contribution in [0.25, 0.3) is 33.4 Å². The lowest BCUT2D eigenvalue weighted by atomic mass is 9.90. The lowest BCUT2D eigenvalue weighted by molar-refractivity contribution is 0.0958. The van der Waals surface area contributed by atoms with Crippen LogP contribution in [0.4, 0.5) is 10.1 Å². The number of nitrogens with zero attached hydrogens (tertiary/aromatic N) is 2. The van der Waals surface area contributed by atoms with Gasteiger partial charge in [0, 0.05) is 58.9 Å². The third-order valence-corrected chi connectivity index (χ3v) is 9.58. The van der Waals surface area contributed by atoms with E-state index in [9.17, 15) is 27.5 Å². The molecule has 2 N–H and O–H groups in total. The molecule has 2 aromatic heterocycles. The van der Waals surface area contributed by atoms with Crippen molar-refractivity contribution in [3.8, 4) is 22.5 Å². The molecule has 0 saturated heterocycles. The number of aliphatic hydroxyl groups is 1. The number of halogens is 1. The number of hydrogen-bond donors (Lipinski definition) is 2. The van der Waals surface area contributed by atoms with Gasteiger partial charge in [0.2, 0.25) is 10.0 Å². The molecule has 1 saturated carbocycles. The minimum absolute atomic E-state index is 0.0732. The zero-order valence-electron chi connectivity index (χ0n) is 25.3. The standard InChI is InChI=1S/C35H32FN3O6S/c1-37-34(42)32-27-19-26(23-6-5-7-24(18-23)29(41)21-35(13-14-35)31-8-3-4-15-38-31)28(39(16-17-40)46(2,43)44)20-30(27)45-33(32)22-9-11-25(36)12-10-22/h3-12,15,18-20,40H,13-14,16-17,21H2,1-2H3,(H,37,42). The van der Waals surface area contributed by atoms with Crippen LogP contribution in [0.2, 0.25) is 0 Å². The molecule has 0 aliphatic heterocycles. The first-order valence-corrected chi connectivity index (χ1v) is 16.6. The van der Waals surface area contributed by atoms with Crippen LogP contribution >= 0.6 is 0 Å². The predicted molar refractivity (Wildman–Crippen MR) is 174 cm³/mol. The fourth-order valence-electron chi connectivity index (χ4n) is 5.90. The summed E-state index contributed by atoms with van der Waals surface area (Å²) in [6, 6.07) is 21.3. The molecule has 6 rings (SSSR count). The summed E-state index contributed by atoms with van der Waals surface area (Å²) in [5.74, 6) is -0.810. The molecule has 1 aliphatic rings. The number of fused-ring (bicyclic) bond motifs is 1. The average Bonchev–Trinajstić information content (AvgIpc) is 3.74. The number of carbonyl (C=O) groups excluding carboxylic acids is 2. The highest BCUT2D eigenvalue weighted by atomic mass is 32.2. The second-order valence-electron chi connectivity index (χ2n) is 11.5. The summed E-state index contributed by atoms with van der Waals surface area (Å²) in [6.45, 7) is -0.697. The summed E-state index contributed by atoms with van der Waals surface area (Å²) in [5, 5.41) is 12.8. The number of aliphatic hydroxyl groups excluding tert-OH is 1. The molecule has 5 aromatic rings. The number of aromatic nitrogens is 1. The van der Waals surface area contributed by atoms with Gasteiger partial charge in [-0.3, -0.25) is 18.9 Å². The Morgan fingerprint density at radius 2 is 1.78 bits per heavy atom. The number of rotatable bonds is 11. The molecule has 0 atom stereocenters. The minimum Gasteiger partial charge on any atom is -0.455 e. The van der Waals surface area contributed by atoms with Crippen molar-refractivity contribution in [3.05, 3.63) is 108 Å². The smallest absolute Gasteiger partial charge is 0.255 e. The van der Waals surface area contributed by atoms with E-state index in [0.717, 1.165) is 29.1 Å². The predicted octanol–water partition coefficient (Wildman–Crippen LogP) is 5.72. The SMILES string of the molecule is CNC(=O)c1c(-c2ccc(F)cc2)oc2cc(N(CCO)S(C)(=O)=O)c(-c3cccc(C(=O)CC4(c5ccccn5)CC4)c3)cc12. The number of ketones is 1. The first-order valence-electron chi connectivity index (χ1n) is 14.8. The Kier molecular flexibility index (Phi) is 8.22. The highest BCUT2D eigenvalue weighted by Gasteiger charge is 2.47. The first kappa shape index (κ1) is 31.1. The van der Waals surface area contributed by atoms with E-state index in [1.807, 2.05) is 18.2 Å². The summed E-state index contributed by atoms with van der Waals surface area (Å²) < 4.78 is 47.0. The topological polar surface area (TPSA) is 130 Å². The van der Waals surface area contributed by atoms with E-state index in [-0.39, 0.29) is 46.8 Å². The molecule has 0 unspecified atom stereocenters. The highest BCUT2D eigenvalue weighted by molar-refractivity contribution is 7.92. The van der Waals surface area contributed by atoms with Crippen molar-refractivity contribution in [2.45, 2.75) is 24.7 Å². The largest absolute Gasteiger partial charge is 0.455 e. The number of furan rings is 1. The van der Waals surface area contributed by atoms with E-state index in [4.69, 9.17) is 4.42 Å². The molecule has 0 bridgehead atoms. The molecule has 236 valence electrons. The Balaban J connectivity index is 1.52. The summed E-state index contributed by atoms with van der Waals surface area (Å²) in [5.41, 5.74) is 3.01. The van der Waals surface area contributed by atoms with Gasteiger partial charge in [-0.1, -0.05) is 24.3 Å². The molecule has 0 spiro atoms. The average molecular weight is 642 g/mol. The zero-order chi connectivity index (χ0) is 32.6. The molecule has 46 heavy (non-hydrogen) atoms. The third-order valence-electron chi connectivity index (χ3n) is 8.40. The molecule has 1 fully saturated rings. The van der Waals surface area contributed by atoms with Crippen molar-refractivity contribution in [1.29, 1.82) is 0 Å². The summed E-state index contributed by atoms with van der Waals surface area (Å²) in [6.07, 6.45) is 4.76. The maximum atomic E-state index is 13.7. The van der Waals surface area contributed by atoms with E-state index < -0.39 is 28.4 Å². The van der Waals surface area contributed by atoms with E-state index in [1.54, 1.807) is 36.5 Å². The van der Waals surface area contributed by atoms with Gasteiger partial charge < -0.3 is 14.8 Å². The lowest BCUT2D eigenvalue weighted by Gasteiger charge is -2.24. The Hall–Kier alpha value is -4.87. The molecule has 2 heterocycles. The quantitative estimate of drug-likeness (QED) is 0.176. The van der Waals surface area contributed by atoms with Gasteiger partial charge in [-0.05, 0) is 66.9 Å². The molecule has 1 aliphatic carbocycles. The van der Waals surface area contributed by atoms with Crippen LogP contribution in [0.3, 0.4) is 0 Å². The fourth-order valence-corrected chi connectivity index (χ4v) is 6.82. The van der Waals surface area contributed by atoms with Crippen LogP contribution in [0.15, 0.2) is 89.5 Å². The first-order chi connectivity index (χ1) is 22.0. The normalized spacial score (nSPS) is 13.8. The lowest BCUT2D eigenvalue weighted by Crippen LogP contribution is -2.33. The molecule has 1 amide bonds. The number of Topliss-reactive ketones (excluding diaryl/α,β-unsaturated/α-hetero) is 1. The second kappa shape index (κ2) is 12.1. The fraction of sp³-hybridized carbons (Fsp3) is 0.229. The van der Waals surface area contributed by atoms with Gasteiger partial charge in [0.1, 0.15) is 17.2 Å². The number of amides is 1. The van der Waals surface area contributed by atoms with Gasteiger partial charge in [0.25, 0.3) is 5.91 Å². The van der Waals surface area contributed by atoms with Crippen LogP contribution in [0.5, 0.6) is 0 Å².